The highest BCUT2D eigenvalue weighted by Gasteiger charge is 2.42. The fourth-order valence-corrected chi connectivity index (χ4v) is 1.99. The third-order valence-corrected chi connectivity index (χ3v) is 2.79. The minimum atomic E-state index is -4.81. The molecule has 1 aromatic heterocycles. The van der Waals surface area contributed by atoms with Crippen molar-refractivity contribution in [2.75, 3.05) is 0 Å². The number of carboxylic acids is 1. The van der Waals surface area contributed by atoms with E-state index in [9.17, 15) is 18.0 Å². The summed E-state index contributed by atoms with van der Waals surface area (Å²) in [6.45, 7) is 2.97. The van der Waals surface area contributed by atoms with Crippen LogP contribution in [0, 0.1) is 13.8 Å². The molecule has 0 bridgehead atoms. The van der Waals surface area contributed by atoms with Gasteiger partial charge in [-0.25, -0.2) is 9.48 Å². The summed E-state index contributed by atoms with van der Waals surface area (Å²) in [6.07, 6.45) is -4.81. The fraction of sp³-hybridized carbons (Fsp3) is 0.231. The molecule has 0 saturated carbocycles. The second kappa shape index (κ2) is 4.66. The lowest BCUT2D eigenvalue weighted by molar-refractivity contribution is -0.143. The largest absolute Gasteiger partial charge is 0.478 e. The predicted octanol–water partition coefficient (Wildman–Crippen LogP) is 3.21. The highest BCUT2D eigenvalue weighted by atomic mass is 19.4. The van der Waals surface area contributed by atoms with Crippen LogP contribution in [0.4, 0.5) is 13.2 Å². The molecule has 1 heterocycles. The number of hydrogen-bond acceptors (Lipinski definition) is 2. The third-order valence-electron chi connectivity index (χ3n) is 2.79. The molecule has 1 N–H and O–H groups in total. The average Bonchev–Trinajstić information content (AvgIpc) is 2.66. The van der Waals surface area contributed by atoms with Crippen LogP contribution < -0.4 is 0 Å². The molecule has 2 rings (SSSR count). The molecule has 0 fully saturated rings. The van der Waals surface area contributed by atoms with Crippen molar-refractivity contribution in [2.24, 2.45) is 0 Å². The van der Waals surface area contributed by atoms with Crippen molar-refractivity contribution in [2.45, 2.75) is 20.0 Å². The number of nitrogens with zero attached hydrogens (tertiary/aromatic N) is 2. The Hall–Kier alpha value is -2.31. The van der Waals surface area contributed by atoms with Gasteiger partial charge in [0.15, 0.2) is 5.69 Å². The maximum Gasteiger partial charge on any atom is 0.434 e. The van der Waals surface area contributed by atoms with Gasteiger partial charge in [0.05, 0.1) is 11.4 Å². The summed E-state index contributed by atoms with van der Waals surface area (Å²) in [4.78, 5) is 11.0. The molecule has 0 aliphatic heterocycles. The van der Waals surface area contributed by atoms with Gasteiger partial charge in [-0.15, -0.1) is 0 Å². The lowest BCUT2D eigenvalue weighted by Crippen LogP contribution is -2.17. The monoisotopic (exact) mass is 284 g/mol. The van der Waals surface area contributed by atoms with E-state index in [0.717, 1.165) is 5.56 Å². The molecule has 0 radical (unpaired) electrons. The number of aromatic carboxylic acids is 1. The van der Waals surface area contributed by atoms with Gasteiger partial charge in [0.1, 0.15) is 5.56 Å². The van der Waals surface area contributed by atoms with Crippen molar-refractivity contribution in [3.05, 3.63) is 46.8 Å². The van der Waals surface area contributed by atoms with Crippen molar-refractivity contribution in [3.8, 4) is 5.69 Å². The number of aromatic nitrogens is 2. The van der Waals surface area contributed by atoms with E-state index in [-0.39, 0.29) is 11.4 Å². The highest BCUT2D eigenvalue weighted by Crippen LogP contribution is 2.35. The number of benzene rings is 1. The zero-order valence-electron chi connectivity index (χ0n) is 10.7. The second-order valence-electron chi connectivity index (χ2n) is 4.36. The molecule has 0 amide bonds. The van der Waals surface area contributed by atoms with Gasteiger partial charge < -0.3 is 5.11 Å². The van der Waals surface area contributed by atoms with Crippen molar-refractivity contribution in [1.82, 2.24) is 9.78 Å². The first-order valence-electron chi connectivity index (χ1n) is 5.69. The van der Waals surface area contributed by atoms with E-state index in [2.05, 4.69) is 5.10 Å². The Morgan fingerprint density at radius 1 is 1.30 bits per heavy atom. The molecule has 0 saturated heterocycles. The lowest BCUT2D eigenvalue weighted by atomic mass is 10.1. The van der Waals surface area contributed by atoms with Crippen LogP contribution in [0.1, 0.15) is 27.3 Å². The van der Waals surface area contributed by atoms with Crippen molar-refractivity contribution >= 4 is 5.97 Å². The molecule has 106 valence electrons. The molecule has 1 aromatic carbocycles. The quantitative estimate of drug-likeness (QED) is 0.921. The van der Waals surface area contributed by atoms with Gasteiger partial charge in [0.2, 0.25) is 0 Å². The van der Waals surface area contributed by atoms with Crippen molar-refractivity contribution in [3.63, 3.8) is 0 Å². The average molecular weight is 284 g/mol. The third kappa shape index (κ3) is 2.38. The predicted molar refractivity (Wildman–Crippen MR) is 65.0 cm³/mol. The Morgan fingerprint density at radius 3 is 2.45 bits per heavy atom. The maximum absolute atomic E-state index is 13.1. The van der Waals surface area contributed by atoms with E-state index in [1.165, 1.54) is 19.1 Å². The Balaban J connectivity index is 2.78. The number of carbonyl (C=O) groups is 1. The van der Waals surface area contributed by atoms with E-state index < -0.39 is 23.4 Å². The summed E-state index contributed by atoms with van der Waals surface area (Å²) in [5, 5.41) is 12.7. The Labute approximate surface area is 112 Å². The smallest absolute Gasteiger partial charge is 0.434 e. The number of alkyl halides is 3. The normalized spacial score (nSPS) is 11.7. The molecule has 0 aliphatic rings. The molecular formula is C13H11F3N2O2. The van der Waals surface area contributed by atoms with E-state index in [0.29, 0.717) is 4.68 Å². The topological polar surface area (TPSA) is 55.1 Å². The van der Waals surface area contributed by atoms with Gasteiger partial charge in [-0.2, -0.15) is 18.3 Å². The minimum Gasteiger partial charge on any atom is -0.478 e. The van der Waals surface area contributed by atoms with Crippen LogP contribution in [0.2, 0.25) is 0 Å². The zero-order valence-corrected chi connectivity index (χ0v) is 10.7. The van der Waals surface area contributed by atoms with Gasteiger partial charge >= 0.3 is 12.1 Å². The molecule has 7 heteroatoms. The second-order valence-corrected chi connectivity index (χ2v) is 4.36. The zero-order chi connectivity index (χ0) is 15.1. The standard InChI is InChI=1S/C13H11F3N2O2/c1-7-4-3-5-9(6-7)18-11(13(14,15)16)10(12(19)20)8(2)17-18/h3-6H,1-2H3,(H,19,20). The first-order valence-corrected chi connectivity index (χ1v) is 5.69. The van der Waals surface area contributed by atoms with Crippen LogP contribution >= 0.6 is 0 Å². The molecule has 20 heavy (non-hydrogen) atoms. The van der Waals surface area contributed by atoms with Gasteiger partial charge in [0.25, 0.3) is 0 Å². The van der Waals surface area contributed by atoms with Gasteiger partial charge in [-0.1, -0.05) is 12.1 Å². The van der Waals surface area contributed by atoms with Gasteiger partial charge in [-0.3, -0.25) is 0 Å². The van der Waals surface area contributed by atoms with Crippen LogP contribution in [0.5, 0.6) is 0 Å². The molecule has 0 atom stereocenters. The Bertz CT molecular complexity index is 675. The molecular weight excluding hydrogens is 273 g/mol. The molecule has 2 aromatic rings. The number of rotatable bonds is 2. The van der Waals surface area contributed by atoms with E-state index >= 15 is 0 Å². The van der Waals surface area contributed by atoms with Crippen LogP contribution in [-0.4, -0.2) is 20.9 Å². The number of halogens is 3. The Kier molecular flexibility index (Phi) is 3.29. The van der Waals surface area contributed by atoms with Crippen LogP contribution in [-0.2, 0) is 6.18 Å². The summed E-state index contributed by atoms with van der Waals surface area (Å²) in [7, 11) is 0. The summed E-state index contributed by atoms with van der Waals surface area (Å²) in [5.74, 6) is -1.64. The summed E-state index contributed by atoms with van der Waals surface area (Å²) < 4.78 is 40.1. The maximum atomic E-state index is 13.1. The fourth-order valence-electron chi connectivity index (χ4n) is 1.99. The first-order chi connectivity index (χ1) is 9.21. The highest BCUT2D eigenvalue weighted by molar-refractivity contribution is 5.90. The van der Waals surface area contributed by atoms with Crippen LogP contribution in [0.15, 0.2) is 24.3 Å². The van der Waals surface area contributed by atoms with E-state index in [1.54, 1.807) is 19.1 Å². The molecule has 0 aliphatic carbocycles. The summed E-state index contributed by atoms with van der Waals surface area (Å²) >= 11 is 0. The Morgan fingerprint density at radius 2 is 1.95 bits per heavy atom. The first kappa shape index (κ1) is 14.1. The van der Waals surface area contributed by atoms with Crippen molar-refractivity contribution < 1.29 is 23.1 Å². The van der Waals surface area contributed by atoms with Crippen molar-refractivity contribution in [1.29, 1.82) is 0 Å². The van der Waals surface area contributed by atoms with E-state index in [1.807, 2.05) is 0 Å². The lowest BCUT2D eigenvalue weighted by Gasteiger charge is -2.11. The molecule has 0 unspecified atom stereocenters. The minimum absolute atomic E-state index is 0.174. The van der Waals surface area contributed by atoms with Crippen LogP contribution in [0.25, 0.3) is 5.69 Å². The SMILES string of the molecule is Cc1cccc(-n2nc(C)c(C(=O)O)c2C(F)(F)F)c1. The number of hydrogen-bond donors (Lipinski definition) is 1. The van der Waals surface area contributed by atoms with E-state index in [4.69, 9.17) is 5.11 Å². The summed E-state index contributed by atoms with van der Waals surface area (Å²) in [5.41, 5.74) is -1.34. The van der Waals surface area contributed by atoms with Crippen LogP contribution in [0.3, 0.4) is 0 Å². The molecule has 4 nitrogen and oxygen atoms in total. The summed E-state index contributed by atoms with van der Waals surface area (Å²) in [6, 6.07) is 6.27. The molecule has 0 spiro atoms. The number of aryl methyl sites for hydroxylation is 2. The van der Waals surface area contributed by atoms with Gasteiger partial charge in [-0.05, 0) is 31.5 Å². The number of carboxylic acid groups (broad SMARTS) is 1. The van der Waals surface area contributed by atoms with Gasteiger partial charge in [0, 0.05) is 0 Å².